The number of furan rings is 1. The largest absolute Gasteiger partial charge is 0.469 e. The van der Waals surface area contributed by atoms with Gasteiger partial charge in [-0.3, -0.25) is 0 Å². The van der Waals surface area contributed by atoms with Crippen LogP contribution in [0.4, 0.5) is 0 Å². The Morgan fingerprint density at radius 2 is 1.78 bits per heavy atom. The standard InChI is InChI=1S/C16H21NO/c1-11(2)14-6-4-13(5-7-14)10-16(17)15-8-9-18-12(15)3/h4-9,11,16H,10,17H2,1-3H3. The molecule has 96 valence electrons. The third kappa shape index (κ3) is 2.82. The number of benzene rings is 1. The first-order valence-electron chi connectivity index (χ1n) is 6.46. The fourth-order valence-electron chi connectivity index (χ4n) is 2.18. The maximum absolute atomic E-state index is 6.21. The van der Waals surface area contributed by atoms with Crippen molar-refractivity contribution in [2.45, 2.75) is 39.2 Å². The van der Waals surface area contributed by atoms with E-state index in [0.29, 0.717) is 5.92 Å². The van der Waals surface area contributed by atoms with Crippen LogP contribution in [0.2, 0.25) is 0 Å². The zero-order valence-corrected chi connectivity index (χ0v) is 11.3. The number of hydrogen-bond acceptors (Lipinski definition) is 2. The minimum atomic E-state index is 0.00801. The van der Waals surface area contributed by atoms with Gasteiger partial charge in [-0.25, -0.2) is 0 Å². The first kappa shape index (κ1) is 12.9. The zero-order valence-electron chi connectivity index (χ0n) is 11.3. The summed E-state index contributed by atoms with van der Waals surface area (Å²) < 4.78 is 5.29. The number of hydrogen-bond donors (Lipinski definition) is 1. The van der Waals surface area contributed by atoms with Crippen molar-refractivity contribution >= 4 is 0 Å². The van der Waals surface area contributed by atoms with Crippen molar-refractivity contribution in [2.75, 3.05) is 0 Å². The van der Waals surface area contributed by atoms with E-state index in [4.69, 9.17) is 10.2 Å². The molecule has 0 saturated heterocycles. The lowest BCUT2D eigenvalue weighted by atomic mass is 9.97. The first-order chi connectivity index (χ1) is 8.58. The van der Waals surface area contributed by atoms with E-state index in [2.05, 4.69) is 38.1 Å². The van der Waals surface area contributed by atoms with Crippen LogP contribution in [0.3, 0.4) is 0 Å². The van der Waals surface area contributed by atoms with Crippen LogP contribution in [0.25, 0.3) is 0 Å². The molecular weight excluding hydrogens is 222 g/mol. The molecule has 0 saturated carbocycles. The SMILES string of the molecule is Cc1occc1C(N)Cc1ccc(C(C)C)cc1. The molecule has 2 rings (SSSR count). The highest BCUT2D eigenvalue weighted by Crippen LogP contribution is 2.22. The lowest BCUT2D eigenvalue weighted by Gasteiger charge is -2.12. The highest BCUT2D eigenvalue weighted by Gasteiger charge is 2.12. The summed E-state index contributed by atoms with van der Waals surface area (Å²) in [6, 6.07) is 10.7. The Kier molecular flexibility index (Phi) is 3.87. The van der Waals surface area contributed by atoms with Gasteiger partial charge in [0.2, 0.25) is 0 Å². The van der Waals surface area contributed by atoms with E-state index < -0.39 is 0 Å². The summed E-state index contributed by atoms with van der Waals surface area (Å²) >= 11 is 0. The van der Waals surface area contributed by atoms with Crippen LogP contribution in [0.15, 0.2) is 41.0 Å². The Bertz CT molecular complexity index is 496. The molecule has 1 aromatic carbocycles. The molecule has 0 aliphatic rings. The Morgan fingerprint density at radius 3 is 2.28 bits per heavy atom. The third-order valence-electron chi connectivity index (χ3n) is 3.40. The summed E-state index contributed by atoms with van der Waals surface area (Å²) in [5.74, 6) is 1.49. The van der Waals surface area contributed by atoms with E-state index >= 15 is 0 Å². The molecule has 1 heterocycles. The number of rotatable bonds is 4. The molecule has 2 N–H and O–H groups in total. The Hall–Kier alpha value is -1.54. The summed E-state index contributed by atoms with van der Waals surface area (Å²) in [6.45, 7) is 6.36. The summed E-state index contributed by atoms with van der Waals surface area (Å²) in [5, 5.41) is 0. The van der Waals surface area contributed by atoms with Gasteiger partial charge in [-0.05, 0) is 36.5 Å². The minimum Gasteiger partial charge on any atom is -0.469 e. The highest BCUT2D eigenvalue weighted by atomic mass is 16.3. The predicted molar refractivity (Wildman–Crippen MR) is 74.6 cm³/mol. The van der Waals surface area contributed by atoms with Crippen LogP contribution in [-0.4, -0.2) is 0 Å². The van der Waals surface area contributed by atoms with E-state index in [1.807, 2.05) is 13.0 Å². The van der Waals surface area contributed by atoms with E-state index in [1.54, 1.807) is 6.26 Å². The van der Waals surface area contributed by atoms with Crippen molar-refractivity contribution in [3.8, 4) is 0 Å². The molecule has 0 bridgehead atoms. The van der Waals surface area contributed by atoms with Crippen molar-refractivity contribution < 1.29 is 4.42 Å². The fraction of sp³-hybridized carbons (Fsp3) is 0.375. The molecule has 1 atom stereocenters. The van der Waals surface area contributed by atoms with Gasteiger partial charge in [0.15, 0.2) is 0 Å². The van der Waals surface area contributed by atoms with Crippen molar-refractivity contribution in [3.05, 3.63) is 59.0 Å². The molecule has 0 aliphatic heterocycles. The average Bonchev–Trinajstić information content (AvgIpc) is 2.76. The van der Waals surface area contributed by atoms with E-state index in [-0.39, 0.29) is 6.04 Å². The van der Waals surface area contributed by atoms with E-state index in [1.165, 1.54) is 11.1 Å². The van der Waals surface area contributed by atoms with Gasteiger partial charge in [-0.2, -0.15) is 0 Å². The Morgan fingerprint density at radius 1 is 1.11 bits per heavy atom. The summed E-state index contributed by atoms with van der Waals surface area (Å²) in [7, 11) is 0. The Balaban J connectivity index is 2.08. The van der Waals surface area contributed by atoms with E-state index in [9.17, 15) is 0 Å². The van der Waals surface area contributed by atoms with Gasteiger partial charge in [0.25, 0.3) is 0 Å². The molecule has 18 heavy (non-hydrogen) atoms. The summed E-state index contributed by atoms with van der Waals surface area (Å²) in [4.78, 5) is 0. The molecule has 0 aliphatic carbocycles. The van der Waals surface area contributed by atoms with Gasteiger partial charge in [0, 0.05) is 11.6 Å². The quantitative estimate of drug-likeness (QED) is 0.883. The Labute approximate surface area is 109 Å². The maximum atomic E-state index is 6.21. The molecule has 0 radical (unpaired) electrons. The fourth-order valence-corrected chi connectivity index (χ4v) is 2.18. The van der Waals surface area contributed by atoms with Crippen molar-refractivity contribution in [2.24, 2.45) is 5.73 Å². The van der Waals surface area contributed by atoms with Gasteiger partial charge >= 0.3 is 0 Å². The van der Waals surface area contributed by atoms with Crippen LogP contribution in [-0.2, 0) is 6.42 Å². The maximum Gasteiger partial charge on any atom is 0.105 e. The average molecular weight is 243 g/mol. The van der Waals surface area contributed by atoms with Gasteiger partial charge < -0.3 is 10.2 Å². The lowest BCUT2D eigenvalue weighted by molar-refractivity contribution is 0.524. The molecule has 2 aromatic rings. The molecule has 0 amide bonds. The molecule has 0 spiro atoms. The minimum absolute atomic E-state index is 0.00801. The number of aryl methyl sites for hydroxylation is 1. The second kappa shape index (κ2) is 5.40. The van der Waals surface area contributed by atoms with Crippen LogP contribution in [0, 0.1) is 6.92 Å². The van der Waals surface area contributed by atoms with Crippen LogP contribution in [0.1, 0.15) is 48.3 Å². The topological polar surface area (TPSA) is 39.2 Å². The molecule has 2 heteroatoms. The van der Waals surface area contributed by atoms with Crippen molar-refractivity contribution in [1.82, 2.24) is 0 Å². The molecule has 0 fully saturated rings. The van der Waals surface area contributed by atoms with Gasteiger partial charge in [-0.15, -0.1) is 0 Å². The smallest absolute Gasteiger partial charge is 0.105 e. The monoisotopic (exact) mass is 243 g/mol. The second-order valence-electron chi connectivity index (χ2n) is 5.14. The zero-order chi connectivity index (χ0) is 13.1. The normalized spacial score (nSPS) is 12.9. The highest BCUT2D eigenvalue weighted by molar-refractivity contribution is 5.28. The molecule has 1 unspecified atom stereocenters. The van der Waals surface area contributed by atoms with Gasteiger partial charge in [0.1, 0.15) is 5.76 Å². The first-order valence-corrected chi connectivity index (χ1v) is 6.46. The molecular formula is C16H21NO. The lowest BCUT2D eigenvalue weighted by Crippen LogP contribution is -2.13. The van der Waals surface area contributed by atoms with Crippen LogP contribution in [0.5, 0.6) is 0 Å². The number of nitrogens with two attached hydrogens (primary N) is 1. The van der Waals surface area contributed by atoms with Crippen LogP contribution < -0.4 is 5.73 Å². The summed E-state index contributed by atoms with van der Waals surface area (Å²) in [6.07, 6.45) is 2.55. The van der Waals surface area contributed by atoms with Gasteiger partial charge in [-0.1, -0.05) is 38.1 Å². The summed E-state index contributed by atoms with van der Waals surface area (Å²) in [5.41, 5.74) is 9.95. The van der Waals surface area contributed by atoms with Crippen molar-refractivity contribution in [3.63, 3.8) is 0 Å². The second-order valence-corrected chi connectivity index (χ2v) is 5.14. The van der Waals surface area contributed by atoms with Gasteiger partial charge in [0.05, 0.1) is 6.26 Å². The van der Waals surface area contributed by atoms with E-state index in [0.717, 1.165) is 17.7 Å². The third-order valence-corrected chi connectivity index (χ3v) is 3.40. The molecule has 1 aromatic heterocycles. The van der Waals surface area contributed by atoms with Crippen molar-refractivity contribution in [1.29, 1.82) is 0 Å². The predicted octanol–water partition coefficient (Wildman–Crippen LogP) is 3.95. The molecule has 2 nitrogen and oxygen atoms in total. The van der Waals surface area contributed by atoms with Crippen LogP contribution >= 0.6 is 0 Å².